The van der Waals surface area contributed by atoms with E-state index in [1.54, 1.807) is 6.07 Å². The van der Waals surface area contributed by atoms with Crippen LogP contribution in [0, 0.1) is 0 Å². The van der Waals surface area contributed by atoms with Crippen LogP contribution in [0.1, 0.15) is 6.92 Å². The molecule has 0 spiro atoms. The van der Waals surface area contributed by atoms with Crippen LogP contribution in [0.15, 0.2) is 42.2 Å². The molecule has 0 bridgehead atoms. The van der Waals surface area contributed by atoms with Gasteiger partial charge >= 0.3 is 5.97 Å². The predicted octanol–water partition coefficient (Wildman–Crippen LogP) is 2.77. The third kappa shape index (κ3) is 4.34. The zero-order valence-electron chi connectivity index (χ0n) is 7.36. The van der Waals surface area contributed by atoms with Crippen molar-refractivity contribution in [3.8, 4) is 5.48 Å². The molecule has 1 aromatic rings. The van der Waals surface area contributed by atoms with Crippen molar-refractivity contribution in [1.29, 1.82) is 0 Å². The van der Waals surface area contributed by atoms with Gasteiger partial charge in [-0.3, -0.25) is 4.79 Å². The highest BCUT2D eigenvalue weighted by atomic mass is 31.0. The molecule has 0 saturated carbocycles. The van der Waals surface area contributed by atoms with Crippen LogP contribution in [-0.4, -0.2) is 5.97 Å². The lowest BCUT2D eigenvalue weighted by Crippen LogP contribution is -1.98. The summed E-state index contributed by atoms with van der Waals surface area (Å²) in [5.74, 6) is 1.70. The molecule has 3 heteroatoms. The minimum absolute atomic E-state index is 0.271. The Morgan fingerprint density at radius 1 is 1.23 bits per heavy atom. The van der Waals surface area contributed by atoms with E-state index in [4.69, 9.17) is 4.74 Å². The van der Waals surface area contributed by atoms with Crippen LogP contribution in [0.4, 0.5) is 0 Å². The first-order valence-electron chi connectivity index (χ1n) is 3.94. The number of hydrogen-bond donors (Lipinski definition) is 0. The lowest BCUT2D eigenvalue weighted by atomic mass is 10.5. The zero-order valence-corrected chi connectivity index (χ0v) is 8.36. The quantitative estimate of drug-likeness (QED) is 0.642. The summed E-state index contributed by atoms with van der Waals surface area (Å²) in [6.45, 7) is 1.41. The van der Waals surface area contributed by atoms with E-state index in [9.17, 15) is 4.79 Å². The molecule has 0 aromatic carbocycles. The molecular weight excluding hydrogens is 183 g/mol. The Hall–Kier alpha value is -1.27. The van der Waals surface area contributed by atoms with Gasteiger partial charge in [-0.15, -0.1) is 0 Å². The van der Waals surface area contributed by atoms with Gasteiger partial charge in [0.2, 0.25) is 0 Å². The molecule has 1 rings (SSSR count). The fraction of sp³-hybridized carbons (Fsp3) is 0.100. The van der Waals surface area contributed by atoms with E-state index < -0.39 is 0 Å². The number of rotatable bonds is 1. The van der Waals surface area contributed by atoms with Crippen LogP contribution in [0.5, 0.6) is 5.48 Å². The number of esters is 1. The van der Waals surface area contributed by atoms with E-state index in [1.807, 2.05) is 36.1 Å². The Morgan fingerprint density at radius 2 is 1.92 bits per heavy atom. The van der Waals surface area contributed by atoms with Crippen LogP contribution in [0.3, 0.4) is 0 Å². The van der Waals surface area contributed by atoms with Crippen LogP contribution < -0.4 is 4.74 Å². The van der Waals surface area contributed by atoms with E-state index in [2.05, 4.69) is 0 Å². The van der Waals surface area contributed by atoms with Crippen LogP contribution >= 0.6 is 8.19 Å². The highest BCUT2D eigenvalue weighted by Gasteiger charge is 1.91. The molecule has 1 unspecified atom stereocenters. The van der Waals surface area contributed by atoms with Gasteiger partial charge in [0.15, 0.2) is 0 Å². The molecule has 1 aromatic heterocycles. The largest absolute Gasteiger partial charge is 0.423 e. The third-order valence-electron chi connectivity index (χ3n) is 1.27. The van der Waals surface area contributed by atoms with Gasteiger partial charge in [-0.2, -0.15) is 0 Å². The standard InChI is InChI=1S/C10H11O2P/c1-9(11)12-10-7-5-3-2-4-6-8-13-10/h2-8,13H,1H3. The summed E-state index contributed by atoms with van der Waals surface area (Å²) < 4.78 is 4.99. The smallest absolute Gasteiger partial charge is 0.308 e. The minimum atomic E-state index is -0.271. The van der Waals surface area contributed by atoms with Gasteiger partial charge in [-0.25, -0.2) is 0 Å². The van der Waals surface area contributed by atoms with Gasteiger partial charge < -0.3 is 4.74 Å². The second kappa shape index (κ2) is 5.39. The topological polar surface area (TPSA) is 26.3 Å². The summed E-state index contributed by atoms with van der Waals surface area (Å²) in [7, 11) is 0.405. The summed E-state index contributed by atoms with van der Waals surface area (Å²) in [4.78, 5) is 10.7. The Balaban J connectivity index is 2.97. The second-order valence-corrected chi connectivity index (χ2v) is 3.51. The van der Waals surface area contributed by atoms with Crippen molar-refractivity contribution in [3.05, 3.63) is 42.2 Å². The first kappa shape index (κ1) is 9.82. The Labute approximate surface area is 79.0 Å². The van der Waals surface area contributed by atoms with Crippen molar-refractivity contribution in [2.75, 3.05) is 0 Å². The van der Waals surface area contributed by atoms with Gasteiger partial charge in [0, 0.05) is 6.92 Å². The summed E-state index contributed by atoms with van der Waals surface area (Å²) in [6.07, 6.45) is 0. The minimum Gasteiger partial charge on any atom is -0.423 e. The van der Waals surface area contributed by atoms with Gasteiger partial charge in [0.25, 0.3) is 0 Å². The second-order valence-electron chi connectivity index (χ2n) is 2.40. The van der Waals surface area contributed by atoms with Crippen molar-refractivity contribution in [3.63, 3.8) is 0 Å². The summed E-state index contributed by atoms with van der Waals surface area (Å²) in [5.41, 5.74) is 0.698. The van der Waals surface area contributed by atoms with Crippen molar-refractivity contribution in [2.24, 2.45) is 0 Å². The Kier molecular flexibility index (Phi) is 4.07. The maximum absolute atomic E-state index is 10.7. The summed E-state index contributed by atoms with van der Waals surface area (Å²) in [5, 5.41) is 0. The van der Waals surface area contributed by atoms with Crippen LogP contribution in [-0.2, 0) is 4.79 Å². The first-order chi connectivity index (χ1) is 6.29. The van der Waals surface area contributed by atoms with E-state index in [0.29, 0.717) is 13.7 Å². The van der Waals surface area contributed by atoms with Crippen LogP contribution in [0.25, 0.3) is 0 Å². The predicted molar refractivity (Wildman–Crippen MR) is 54.9 cm³/mol. The van der Waals surface area contributed by atoms with E-state index in [-0.39, 0.29) is 5.97 Å². The van der Waals surface area contributed by atoms with Crippen molar-refractivity contribution in [1.82, 2.24) is 0 Å². The normalized spacial score (nSPS) is 9.31. The van der Waals surface area contributed by atoms with Gasteiger partial charge in [0.1, 0.15) is 5.48 Å². The average molecular weight is 194 g/mol. The van der Waals surface area contributed by atoms with Gasteiger partial charge in [-0.05, 0) is 11.9 Å². The number of carbonyl (C=O) groups excluding carboxylic acids is 1. The Bertz CT molecular complexity index is 305. The highest BCUT2D eigenvalue weighted by Crippen LogP contribution is 2.19. The molecule has 0 aliphatic carbocycles. The number of hydrogen-bond acceptors (Lipinski definition) is 2. The SMILES string of the molecule is CC(=O)Oc1ccccccc[pH]1. The van der Waals surface area contributed by atoms with Crippen LogP contribution in [0.2, 0.25) is 0 Å². The molecule has 2 nitrogen and oxygen atoms in total. The lowest BCUT2D eigenvalue weighted by Gasteiger charge is -1.95. The Morgan fingerprint density at radius 3 is 2.69 bits per heavy atom. The van der Waals surface area contributed by atoms with E-state index in [0.717, 1.165) is 0 Å². The molecule has 0 saturated heterocycles. The lowest BCUT2D eigenvalue weighted by molar-refractivity contribution is -0.131. The molecule has 0 radical (unpaired) electrons. The van der Waals surface area contributed by atoms with Crippen molar-refractivity contribution >= 4 is 14.2 Å². The van der Waals surface area contributed by atoms with Gasteiger partial charge in [-0.1, -0.05) is 38.5 Å². The van der Waals surface area contributed by atoms with Gasteiger partial charge in [0.05, 0.1) is 0 Å². The van der Waals surface area contributed by atoms with Crippen molar-refractivity contribution < 1.29 is 9.53 Å². The first-order valence-corrected chi connectivity index (χ1v) is 5.02. The molecule has 1 atom stereocenters. The fourth-order valence-corrected chi connectivity index (χ4v) is 1.55. The molecular formula is C10H11O2P. The highest BCUT2D eigenvalue weighted by molar-refractivity contribution is 7.31. The molecule has 13 heavy (non-hydrogen) atoms. The zero-order chi connectivity index (χ0) is 9.52. The maximum Gasteiger partial charge on any atom is 0.308 e. The summed E-state index contributed by atoms with van der Waals surface area (Å²) >= 11 is 0. The molecule has 0 aliphatic heterocycles. The number of ether oxygens (including phenoxy) is 1. The third-order valence-corrected chi connectivity index (χ3v) is 2.18. The molecule has 68 valence electrons. The summed E-state index contributed by atoms with van der Waals surface area (Å²) in [6, 6.07) is 11.4. The van der Waals surface area contributed by atoms with Crippen molar-refractivity contribution in [2.45, 2.75) is 6.92 Å². The van der Waals surface area contributed by atoms with E-state index in [1.165, 1.54) is 6.92 Å². The maximum atomic E-state index is 10.7. The molecule has 1 heterocycles. The monoisotopic (exact) mass is 194 g/mol. The molecule has 0 N–H and O–H groups in total. The molecule has 0 amide bonds. The average Bonchev–Trinajstić information content (AvgIpc) is 2.17. The number of carbonyl (C=O) groups is 1. The van der Waals surface area contributed by atoms with E-state index >= 15 is 0 Å². The molecule has 0 fully saturated rings. The fourth-order valence-electron chi connectivity index (χ4n) is 0.788. The molecule has 0 aliphatic rings.